The normalized spacial score (nSPS) is 17.0. The summed E-state index contributed by atoms with van der Waals surface area (Å²) in [5.41, 5.74) is 1.28. The number of imide groups is 1. The number of benzene rings is 2. The minimum absolute atomic E-state index is 0.0636. The number of carbonyl (C=O) groups is 2. The molecule has 1 aliphatic heterocycles. The third-order valence-corrected chi connectivity index (χ3v) is 5.11. The lowest BCUT2D eigenvalue weighted by Gasteiger charge is -2.15. The molecule has 2 aromatic rings. The van der Waals surface area contributed by atoms with Crippen LogP contribution in [-0.2, 0) is 4.79 Å². The van der Waals surface area contributed by atoms with Crippen molar-refractivity contribution in [2.75, 3.05) is 4.90 Å². The summed E-state index contributed by atoms with van der Waals surface area (Å²) in [6.07, 6.45) is 2.65. The van der Waals surface area contributed by atoms with Crippen LogP contribution >= 0.6 is 23.4 Å². The standard InChI is InChI=1S/C20H18ClNO3S/c1-3-13(2)25-17-7-5-4-6-14(17)12-18-19(23)22(20(24)26-18)16-10-8-15(21)9-11-16/h4-13H,3H2,1-2H3/b18-12-/t13-/m0/s1. The zero-order valence-electron chi connectivity index (χ0n) is 14.4. The highest BCUT2D eigenvalue weighted by Gasteiger charge is 2.36. The summed E-state index contributed by atoms with van der Waals surface area (Å²) in [5.74, 6) is 0.348. The van der Waals surface area contributed by atoms with Crippen molar-refractivity contribution in [3.05, 3.63) is 64.0 Å². The Hall–Kier alpha value is -2.24. The number of anilines is 1. The molecule has 1 fully saturated rings. The molecule has 0 radical (unpaired) electrons. The Kier molecular flexibility index (Phi) is 5.69. The van der Waals surface area contributed by atoms with Crippen LogP contribution in [0.15, 0.2) is 53.4 Å². The van der Waals surface area contributed by atoms with E-state index in [4.69, 9.17) is 16.3 Å². The minimum Gasteiger partial charge on any atom is -0.490 e. The van der Waals surface area contributed by atoms with Gasteiger partial charge in [0.25, 0.3) is 11.1 Å². The van der Waals surface area contributed by atoms with Gasteiger partial charge in [-0.25, -0.2) is 4.90 Å². The second kappa shape index (κ2) is 7.98. The van der Waals surface area contributed by atoms with E-state index in [1.807, 2.05) is 38.1 Å². The lowest BCUT2D eigenvalue weighted by Crippen LogP contribution is -2.27. The summed E-state index contributed by atoms with van der Waals surface area (Å²) in [6.45, 7) is 4.04. The topological polar surface area (TPSA) is 46.6 Å². The van der Waals surface area contributed by atoms with Crippen LogP contribution in [0.4, 0.5) is 10.5 Å². The molecule has 0 N–H and O–H groups in total. The lowest BCUT2D eigenvalue weighted by molar-refractivity contribution is -0.113. The summed E-state index contributed by atoms with van der Waals surface area (Å²) in [4.78, 5) is 26.6. The van der Waals surface area contributed by atoms with Gasteiger partial charge >= 0.3 is 0 Å². The van der Waals surface area contributed by atoms with Crippen LogP contribution in [0.5, 0.6) is 5.75 Å². The molecule has 0 spiro atoms. The number of nitrogens with zero attached hydrogens (tertiary/aromatic N) is 1. The SMILES string of the molecule is CC[C@H](C)Oc1ccccc1/C=C1\SC(=O)N(c2ccc(Cl)cc2)C1=O. The van der Waals surface area contributed by atoms with Crippen molar-refractivity contribution >= 4 is 46.3 Å². The van der Waals surface area contributed by atoms with Gasteiger partial charge in [0.2, 0.25) is 0 Å². The first kappa shape index (κ1) is 18.5. The maximum absolute atomic E-state index is 12.7. The molecule has 1 atom stereocenters. The molecule has 4 nitrogen and oxygen atoms in total. The summed E-state index contributed by atoms with van der Waals surface area (Å²) in [7, 11) is 0. The van der Waals surface area contributed by atoms with Crippen molar-refractivity contribution in [3.8, 4) is 5.75 Å². The third-order valence-electron chi connectivity index (χ3n) is 3.99. The van der Waals surface area contributed by atoms with Crippen molar-refractivity contribution in [2.24, 2.45) is 0 Å². The van der Waals surface area contributed by atoms with Gasteiger partial charge in [-0.1, -0.05) is 36.7 Å². The van der Waals surface area contributed by atoms with Crippen molar-refractivity contribution in [1.82, 2.24) is 0 Å². The van der Waals surface area contributed by atoms with Gasteiger partial charge < -0.3 is 4.74 Å². The number of ether oxygens (including phenoxy) is 1. The van der Waals surface area contributed by atoms with Gasteiger partial charge in [-0.2, -0.15) is 0 Å². The number of rotatable bonds is 5. The van der Waals surface area contributed by atoms with Crippen molar-refractivity contribution in [3.63, 3.8) is 0 Å². The Balaban J connectivity index is 1.90. The number of para-hydroxylation sites is 1. The molecule has 0 bridgehead atoms. The van der Waals surface area contributed by atoms with Crippen LogP contribution in [0.3, 0.4) is 0 Å². The van der Waals surface area contributed by atoms with Crippen molar-refractivity contribution < 1.29 is 14.3 Å². The molecule has 2 amide bonds. The maximum atomic E-state index is 12.7. The monoisotopic (exact) mass is 387 g/mol. The minimum atomic E-state index is -0.347. The second-order valence-corrected chi connectivity index (χ2v) is 7.30. The molecule has 2 aromatic carbocycles. The number of halogens is 1. The highest BCUT2D eigenvalue weighted by molar-refractivity contribution is 8.19. The zero-order valence-corrected chi connectivity index (χ0v) is 16.0. The van der Waals surface area contributed by atoms with Gasteiger partial charge in [0.05, 0.1) is 16.7 Å². The molecule has 1 aliphatic rings. The van der Waals surface area contributed by atoms with Crippen LogP contribution in [0.25, 0.3) is 6.08 Å². The molecular weight excluding hydrogens is 370 g/mol. The van der Waals surface area contributed by atoms with E-state index in [9.17, 15) is 9.59 Å². The highest BCUT2D eigenvalue weighted by atomic mass is 35.5. The predicted molar refractivity (Wildman–Crippen MR) is 107 cm³/mol. The summed E-state index contributed by atoms with van der Waals surface area (Å²) >= 11 is 6.80. The van der Waals surface area contributed by atoms with Gasteiger partial charge in [-0.15, -0.1) is 0 Å². The second-order valence-electron chi connectivity index (χ2n) is 5.87. The Bertz CT molecular complexity index is 864. The first-order chi connectivity index (χ1) is 12.5. The van der Waals surface area contributed by atoms with Gasteiger partial charge in [-0.3, -0.25) is 9.59 Å². The lowest BCUT2D eigenvalue weighted by atomic mass is 10.1. The molecule has 0 aliphatic carbocycles. The van der Waals surface area contributed by atoms with E-state index in [1.54, 1.807) is 30.3 Å². The predicted octanol–water partition coefficient (Wildman–Crippen LogP) is 5.76. The van der Waals surface area contributed by atoms with Crippen LogP contribution < -0.4 is 9.64 Å². The molecule has 1 heterocycles. The van der Waals surface area contributed by atoms with Gasteiger partial charge in [0.1, 0.15) is 5.75 Å². The Morgan fingerprint density at radius 2 is 1.85 bits per heavy atom. The average molecular weight is 388 g/mol. The van der Waals surface area contributed by atoms with Crippen LogP contribution in [0, 0.1) is 0 Å². The Morgan fingerprint density at radius 1 is 1.15 bits per heavy atom. The van der Waals surface area contributed by atoms with Gasteiger partial charge in [0.15, 0.2) is 0 Å². The van der Waals surface area contributed by atoms with Gasteiger partial charge in [0, 0.05) is 10.6 Å². The van der Waals surface area contributed by atoms with E-state index < -0.39 is 0 Å². The first-order valence-corrected chi connectivity index (χ1v) is 9.48. The van der Waals surface area contributed by atoms with Crippen molar-refractivity contribution in [1.29, 1.82) is 0 Å². The fourth-order valence-corrected chi connectivity index (χ4v) is 3.39. The average Bonchev–Trinajstić information content (AvgIpc) is 2.91. The van der Waals surface area contributed by atoms with Gasteiger partial charge in [-0.05, 0) is 61.5 Å². The highest BCUT2D eigenvalue weighted by Crippen LogP contribution is 2.37. The van der Waals surface area contributed by atoms with E-state index in [2.05, 4.69) is 0 Å². The summed E-state index contributed by atoms with van der Waals surface area (Å²) in [5, 5.41) is 0.219. The zero-order chi connectivity index (χ0) is 18.7. The number of hydrogen-bond donors (Lipinski definition) is 0. The van der Waals surface area contributed by atoms with Crippen LogP contribution in [0.1, 0.15) is 25.8 Å². The first-order valence-electron chi connectivity index (χ1n) is 8.28. The van der Waals surface area contributed by atoms with E-state index >= 15 is 0 Å². The fraction of sp³-hybridized carbons (Fsp3) is 0.200. The Morgan fingerprint density at radius 3 is 2.54 bits per heavy atom. The van der Waals surface area contributed by atoms with Crippen LogP contribution in [0.2, 0.25) is 5.02 Å². The quantitative estimate of drug-likeness (QED) is 0.612. The van der Waals surface area contributed by atoms with E-state index in [0.29, 0.717) is 21.4 Å². The van der Waals surface area contributed by atoms with Crippen molar-refractivity contribution in [2.45, 2.75) is 26.4 Å². The van der Waals surface area contributed by atoms with E-state index in [1.165, 1.54) is 0 Å². The van der Waals surface area contributed by atoms with Crippen LogP contribution in [-0.4, -0.2) is 17.3 Å². The largest absolute Gasteiger partial charge is 0.490 e. The summed E-state index contributed by atoms with van der Waals surface area (Å²) < 4.78 is 5.91. The molecule has 134 valence electrons. The smallest absolute Gasteiger partial charge is 0.298 e. The molecular formula is C20H18ClNO3S. The number of carbonyl (C=O) groups excluding carboxylic acids is 2. The number of hydrogen-bond acceptors (Lipinski definition) is 4. The van der Waals surface area contributed by atoms with E-state index in [0.717, 1.165) is 28.6 Å². The maximum Gasteiger partial charge on any atom is 0.298 e. The molecule has 0 aromatic heterocycles. The van der Waals surface area contributed by atoms with E-state index in [-0.39, 0.29) is 17.3 Å². The molecule has 26 heavy (non-hydrogen) atoms. The molecule has 1 saturated heterocycles. The Labute approximate surface area is 161 Å². The molecule has 6 heteroatoms. The number of amides is 2. The molecule has 3 rings (SSSR count). The fourth-order valence-electron chi connectivity index (χ4n) is 2.43. The molecule has 0 unspecified atom stereocenters. The third kappa shape index (κ3) is 3.94. The molecule has 0 saturated carbocycles. The number of thioether (sulfide) groups is 1. The summed E-state index contributed by atoms with van der Waals surface area (Å²) in [6, 6.07) is 14.1.